The van der Waals surface area contributed by atoms with E-state index in [0.717, 1.165) is 5.56 Å². The van der Waals surface area contributed by atoms with Gasteiger partial charge in [-0.1, -0.05) is 33.8 Å². The molecule has 0 fully saturated rings. The number of benzene rings is 1. The van der Waals surface area contributed by atoms with Gasteiger partial charge < -0.3 is 16.4 Å². The zero-order valence-electron chi connectivity index (χ0n) is 13.4. The Morgan fingerprint density at radius 1 is 1.24 bits per heavy atom. The third-order valence-electron chi connectivity index (χ3n) is 3.32. The van der Waals surface area contributed by atoms with Gasteiger partial charge >= 0.3 is 0 Å². The number of hydrogen-bond acceptors (Lipinski definition) is 3. The summed E-state index contributed by atoms with van der Waals surface area (Å²) < 4.78 is 0. The van der Waals surface area contributed by atoms with Crippen molar-refractivity contribution < 1.29 is 9.59 Å². The summed E-state index contributed by atoms with van der Waals surface area (Å²) in [5.74, 6) is -0.299. The summed E-state index contributed by atoms with van der Waals surface area (Å²) in [6.07, 6.45) is 0.407. The van der Waals surface area contributed by atoms with Crippen molar-refractivity contribution >= 4 is 23.2 Å². The fourth-order valence-electron chi connectivity index (χ4n) is 1.69. The Hall–Kier alpha value is -1.88. The molecule has 0 aliphatic heterocycles. The summed E-state index contributed by atoms with van der Waals surface area (Å²) in [5, 5.41) is 5.60. The highest BCUT2D eigenvalue weighted by Gasteiger charge is 2.27. The van der Waals surface area contributed by atoms with Crippen LogP contribution in [0.2, 0.25) is 0 Å². The molecule has 0 bridgehead atoms. The minimum absolute atomic E-state index is 0.0671. The van der Waals surface area contributed by atoms with Gasteiger partial charge in [-0.2, -0.15) is 0 Å². The molecule has 0 aromatic heterocycles. The number of rotatable bonds is 4. The maximum absolute atomic E-state index is 12.2. The van der Waals surface area contributed by atoms with Crippen molar-refractivity contribution in [2.24, 2.45) is 11.1 Å². The number of carbonyl (C=O) groups excluding carboxylic acids is 2. The van der Waals surface area contributed by atoms with Crippen LogP contribution in [0.1, 0.15) is 39.7 Å². The molecule has 0 unspecified atom stereocenters. The minimum Gasteiger partial charge on any atom is -0.326 e. The third kappa shape index (κ3) is 4.86. The number of carbonyl (C=O) groups is 2. The summed E-state index contributed by atoms with van der Waals surface area (Å²) in [6, 6.07) is 4.80. The number of nitrogens with one attached hydrogen (secondary N) is 2. The molecule has 0 spiro atoms. The predicted molar refractivity (Wildman–Crippen MR) is 86.2 cm³/mol. The Kier molecular flexibility index (Phi) is 5.49. The molecule has 1 aromatic carbocycles. The van der Waals surface area contributed by atoms with E-state index in [2.05, 4.69) is 10.6 Å². The molecule has 4 N–H and O–H groups in total. The molecule has 0 heterocycles. The summed E-state index contributed by atoms with van der Waals surface area (Å²) in [6.45, 7) is 9.43. The van der Waals surface area contributed by atoms with Crippen molar-refractivity contribution in [3.63, 3.8) is 0 Å². The SMILES string of the molecule is CCC(=O)Nc1ccc(C)c(NC(=O)[C@@H](N)C(C)(C)C)c1. The smallest absolute Gasteiger partial charge is 0.241 e. The van der Waals surface area contributed by atoms with Crippen molar-refractivity contribution in [2.45, 2.75) is 47.1 Å². The summed E-state index contributed by atoms with van der Waals surface area (Å²) in [4.78, 5) is 23.6. The lowest BCUT2D eigenvalue weighted by Gasteiger charge is -2.26. The third-order valence-corrected chi connectivity index (χ3v) is 3.32. The summed E-state index contributed by atoms with van der Waals surface area (Å²) in [7, 11) is 0. The fourth-order valence-corrected chi connectivity index (χ4v) is 1.69. The first-order valence-electron chi connectivity index (χ1n) is 7.12. The Bertz CT molecular complexity index is 533. The molecule has 1 aromatic rings. The molecule has 0 aliphatic rings. The van der Waals surface area contributed by atoms with Gasteiger partial charge in [-0.05, 0) is 30.0 Å². The van der Waals surface area contributed by atoms with Crippen LogP contribution in [-0.2, 0) is 9.59 Å². The van der Waals surface area contributed by atoms with Gasteiger partial charge in [0.05, 0.1) is 6.04 Å². The van der Waals surface area contributed by atoms with Crippen LogP contribution in [0.25, 0.3) is 0 Å². The second kappa shape index (κ2) is 6.72. The van der Waals surface area contributed by atoms with Crippen LogP contribution >= 0.6 is 0 Å². The number of aryl methyl sites for hydroxylation is 1. The number of anilines is 2. The lowest BCUT2D eigenvalue weighted by Crippen LogP contribution is -2.45. The molecule has 1 rings (SSSR count). The maximum atomic E-state index is 12.2. The monoisotopic (exact) mass is 291 g/mol. The normalized spacial score (nSPS) is 12.7. The Morgan fingerprint density at radius 2 is 1.86 bits per heavy atom. The van der Waals surface area contributed by atoms with Gasteiger partial charge in [0.25, 0.3) is 0 Å². The van der Waals surface area contributed by atoms with Crippen molar-refractivity contribution in [1.29, 1.82) is 0 Å². The van der Waals surface area contributed by atoms with Gasteiger partial charge in [0.15, 0.2) is 0 Å². The molecule has 21 heavy (non-hydrogen) atoms. The maximum Gasteiger partial charge on any atom is 0.241 e. The van der Waals surface area contributed by atoms with Gasteiger partial charge in [0, 0.05) is 17.8 Å². The highest BCUT2D eigenvalue weighted by Crippen LogP contribution is 2.23. The van der Waals surface area contributed by atoms with Crippen molar-refractivity contribution in [1.82, 2.24) is 0 Å². The van der Waals surface area contributed by atoms with Gasteiger partial charge in [0.2, 0.25) is 11.8 Å². The largest absolute Gasteiger partial charge is 0.326 e. The molecule has 0 aliphatic carbocycles. The minimum atomic E-state index is -0.606. The summed E-state index contributed by atoms with van der Waals surface area (Å²) >= 11 is 0. The van der Waals surface area contributed by atoms with Gasteiger partial charge in [-0.3, -0.25) is 9.59 Å². The van der Waals surface area contributed by atoms with E-state index in [4.69, 9.17) is 5.73 Å². The van der Waals surface area contributed by atoms with Crippen molar-refractivity contribution in [3.8, 4) is 0 Å². The molecule has 5 nitrogen and oxygen atoms in total. The molecule has 5 heteroatoms. The molecule has 0 saturated carbocycles. The van der Waals surface area contributed by atoms with Crippen LogP contribution in [0.5, 0.6) is 0 Å². The van der Waals surface area contributed by atoms with Crippen molar-refractivity contribution in [3.05, 3.63) is 23.8 Å². The van der Waals surface area contributed by atoms with E-state index in [1.807, 2.05) is 39.8 Å². The summed E-state index contributed by atoms with van der Waals surface area (Å²) in [5.41, 5.74) is 7.87. The first-order chi connectivity index (χ1) is 9.65. The van der Waals surface area contributed by atoms with E-state index >= 15 is 0 Å². The average molecular weight is 291 g/mol. The second-order valence-corrected chi connectivity index (χ2v) is 6.26. The second-order valence-electron chi connectivity index (χ2n) is 6.26. The lowest BCUT2D eigenvalue weighted by atomic mass is 9.87. The topological polar surface area (TPSA) is 84.2 Å². The molecule has 2 amide bonds. The molecule has 1 atom stereocenters. The van der Waals surface area contributed by atoms with Crippen molar-refractivity contribution in [2.75, 3.05) is 10.6 Å². The zero-order chi connectivity index (χ0) is 16.2. The first kappa shape index (κ1) is 17.2. The van der Waals surface area contributed by atoms with Gasteiger partial charge in [-0.25, -0.2) is 0 Å². The van der Waals surface area contributed by atoms with E-state index in [0.29, 0.717) is 17.8 Å². The first-order valence-corrected chi connectivity index (χ1v) is 7.12. The Morgan fingerprint density at radius 3 is 2.38 bits per heavy atom. The van der Waals surface area contributed by atoms with Crippen LogP contribution in [0, 0.1) is 12.3 Å². The van der Waals surface area contributed by atoms with E-state index in [-0.39, 0.29) is 17.2 Å². The van der Waals surface area contributed by atoms with E-state index in [9.17, 15) is 9.59 Å². The number of nitrogens with two attached hydrogens (primary N) is 1. The quantitative estimate of drug-likeness (QED) is 0.797. The fraction of sp³-hybridized carbons (Fsp3) is 0.500. The molecule has 0 saturated heterocycles. The highest BCUT2D eigenvalue weighted by atomic mass is 16.2. The van der Waals surface area contributed by atoms with Crippen LogP contribution in [0.3, 0.4) is 0 Å². The average Bonchev–Trinajstić information content (AvgIpc) is 2.40. The van der Waals surface area contributed by atoms with Gasteiger partial charge in [-0.15, -0.1) is 0 Å². The number of amides is 2. The molecule has 0 radical (unpaired) electrons. The molecule has 116 valence electrons. The Balaban J connectivity index is 2.90. The van der Waals surface area contributed by atoms with Crippen LogP contribution in [0.4, 0.5) is 11.4 Å². The van der Waals surface area contributed by atoms with Crippen LogP contribution < -0.4 is 16.4 Å². The van der Waals surface area contributed by atoms with E-state index in [1.165, 1.54) is 0 Å². The van der Waals surface area contributed by atoms with Crippen LogP contribution in [-0.4, -0.2) is 17.9 Å². The molecular formula is C16H25N3O2. The Labute approximate surface area is 126 Å². The van der Waals surface area contributed by atoms with E-state index in [1.54, 1.807) is 13.0 Å². The lowest BCUT2D eigenvalue weighted by molar-refractivity contribution is -0.119. The highest BCUT2D eigenvalue weighted by molar-refractivity contribution is 5.97. The van der Waals surface area contributed by atoms with Gasteiger partial charge in [0.1, 0.15) is 0 Å². The molecular weight excluding hydrogens is 266 g/mol. The zero-order valence-corrected chi connectivity index (χ0v) is 13.4. The van der Waals surface area contributed by atoms with Crippen LogP contribution in [0.15, 0.2) is 18.2 Å². The standard InChI is InChI=1S/C16H25N3O2/c1-6-13(20)18-11-8-7-10(2)12(9-11)19-15(21)14(17)16(3,4)5/h7-9,14H,6,17H2,1-5H3,(H,18,20)(H,19,21)/t14-/m1/s1. The van der Waals surface area contributed by atoms with E-state index < -0.39 is 6.04 Å². The predicted octanol–water partition coefficient (Wildman–Crippen LogP) is 2.66. The number of hydrogen-bond donors (Lipinski definition) is 3.